The van der Waals surface area contributed by atoms with Gasteiger partial charge in [-0.15, -0.1) is 0 Å². The fourth-order valence-corrected chi connectivity index (χ4v) is 3.16. The van der Waals surface area contributed by atoms with Crippen molar-refractivity contribution < 1.29 is 19.1 Å². The zero-order valence-corrected chi connectivity index (χ0v) is 17.1. The number of hydrogen-bond acceptors (Lipinski definition) is 9. The number of esters is 1. The summed E-state index contributed by atoms with van der Waals surface area (Å²) in [5.74, 6) is 0.540. The standard InChI is InChI=1S/C20H26N6O4/c1-3-29-19(27)14-7-5-6-8-15(14)24-17-16(21)18(23-13-22-17)25-9-11-26(12-10-25)20(28)30-4-2/h5-8,13H,3-4,9-12,21H2,1-2H3,(H,22,23,24). The molecule has 30 heavy (non-hydrogen) atoms. The van der Waals surface area contributed by atoms with Gasteiger partial charge in [0.05, 0.1) is 24.5 Å². The molecule has 0 unspecified atom stereocenters. The summed E-state index contributed by atoms with van der Waals surface area (Å²) in [6, 6.07) is 6.99. The molecule has 0 spiro atoms. The van der Waals surface area contributed by atoms with Crippen molar-refractivity contribution in [3.05, 3.63) is 36.2 Å². The normalized spacial score (nSPS) is 13.7. The zero-order valence-electron chi connectivity index (χ0n) is 17.1. The van der Waals surface area contributed by atoms with E-state index in [-0.39, 0.29) is 12.7 Å². The van der Waals surface area contributed by atoms with Crippen LogP contribution in [0.3, 0.4) is 0 Å². The van der Waals surface area contributed by atoms with Gasteiger partial charge in [-0.25, -0.2) is 19.6 Å². The first kappa shape index (κ1) is 21.2. The second-order valence-corrected chi connectivity index (χ2v) is 6.52. The Labute approximate surface area is 175 Å². The highest BCUT2D eigenvalue weighted by atomic mass is 16.6. The van der Waals surface area contributed by atoms with Crippen molar-refractivity contribution in [1.82, 2.24) is 14.9 Å². The molecular weight excluding hydrogens is 388 g/mol. The van der Waals surface area contributed by atoms with Gasteiger partial charge in [0.25, 0.3) is 0 Å². The van der Waals surface area contributed by atoms with Gasteiger partial charge in [0, 0.05) is 26.2 Å². The number of nitrogens with zero attached hydrogens (tertiary/aromatic N) is 4. The van der Waals surface area contributed by atoms with E-state index >= 15 is 0 Å². The van der Waals surface area contributed by atoms with E-state index < -0.39 is 5.97 Å². The number of anilines is 4. The molecule has 3 rings (SSSR count). The second-order valence-electron chi connectivity index (χ2n) is 6.52. The van der Waals surface area contributed by atoms with Crippen molar-refractivity contribution in [2.24, 2.45) is 0 Å². The van der Waals surface area contributed by atoms with Crippen LogP contribution >= 0.6 is 0 Å². The molecule has 0 bridgehead atoms. The number of ether oxygens (including phenoxy) is 2. The predicted molar refractivity (Wildman–Crippen MR) is 113 cm³/mol. The summed E-state index contributed by atoms with van der Waals surface area (Å²) >= 11 is 0. The number of amides is 1. The van der Waals surface area contributed by atoms with E-state index in [2.05, 4.69) is 15.3 Å². The molecule has 1 saturated heterocycles. The number of nitrogens with two attached hydrogens (primary N) is 1. The van der Waals surface area contributed by atoms with Gasteiger partial charge in [0.2, 0.25) is 0 Å². The number of hydrogen-bond donors (Lipinski definition) is 2. The summed E-state index contributed by atoms with van der Waals surface area (Å²) < 4.78 is 10.2. The lowest BCUT2D eigenvalue weighted by atomic mass is 10.1. The van der Waals surface area contributed by atoms with Crippen LogP contribution in [0.1, 0.15) is 24.2 Å². The highest BCUT2D eigenvalue weighted by Crippen LogP contribution is 2.30. The van der Waals surface area contributed by atoms with Crippen LogP contribution in [0, 0.1) is 0 Å². The minimum atomic E-state index is -0.427. The third kappa shape index (κ3) is 4.70. The van der Waals surface area contributed by atoms with E-state index in [4.69, 9.17) is 15.2 Å². The molecule has 1 amide bonds. The fourth-order valence-electron chi connectivity index (χ4n) is 3.16. The molecule has 1 aliphatic rings. The van der Waals surface area contributed by atoms with Gasteiger partial charge >= 0.3 is 12.1 Å². The van der Waals surface area contributed by atoms with Gasteiger partial charge in [0.1, 0.15) is 12.0 Å². The maximum Gasteiger partial charge on any atom is 0.409 e. The molecule has 1 aliphatic heterocycles. The monoisotopic (exact) mass is 414 g/mol. The number of para-hydroxylation sites is 1. The topological polar surface area (TPSA) is 123 Å². The van der Waals surface area contributed by atoms with Gasteiger partial charge in [-0.05, 0) is 26.0 Å². The first-order valence-electron chi connectivity index (χ1n) is 9.85. The number of carbonyl (C=O) groups is 2. The van der Waals surface area contributed by atoms with Crippen LogP contribution in [0.2, 0.25) is 0 Å². The lowest BCUT2D eigenvalue weighted by Crippen LogP contribution is -2.49. The lowest BCUT2D eigenvalue weighted by Gasteiger charge is -2.35. The number of piperazine rings is 1. The summed E-state index contributed by atoms with van der Waals surface area (Å²) in [6.07, 6.45) is 1.10. The van der Waals surface area contributed by atoms with Gasteiger partial charge in [-0.3, -0.25) is 0 Å². The average molecular weight is 414 g/mol. The van der Waals surface area contributed by atoms with Crippen LogP contribution in [0.25, 0.3) is 0 Å². The Morgan fingerprint density at radius 2 is 1.77 bits per heavy atom. The number of benzene rings is 1. The van der Waals surface area contributed by atoms with Gasteiger partial charge < -0.3 is 30.3 Å². The van der Waals surface area contributed by atoms with Gasteiger partial charge in [-0.2, -0.15) is 0 Å². The molecule has 2 aromatic rings. The molecule has 0 atom stereocenters. The third-order valence-electron chi connectivity index (χ3n) is 4.64. The Kier molecular flexibility index (Phi) is 6.89. The van der Waals surface area contributed by atoms with Crippen molar-refractivity contribution in [2.75, 3.05) is 55.3 Å². The smallest absolute Gasteiger partial charge is 0.409 e. The van der Waals surface area contributed by atoms with Gasteiger partial charge in [-0.1, -0.05) is 12.1 Å². The number of rotatable bonds is 6. The minimum Gasteiger partial charge on any atom is -0.462 e. The van der Waals surface area contributed by atoms with E-state index in [9.17, 15) is 9.59 Å². The van der Waals surface area contributed by atoms with Crippen molar-refractivity contribution in [3.8, 4) is 0 Å². The van der Waals surface area contributed by atoms with Crippen LogP contribution in [0.4, 0.5) is 27.8 Å². The SMILES string of the molecule is CCOC(=O)c1ccccc1Nc1ncnc(N2CCN(C(=O)OCC)CC2)c1N. The molecular formula is C20H26N6O4. The van der Waals surface area contributed by atoms with E-state index in [0.29, 0.717) is 61.4 Å². The molecule has 1 aromatic heterocycles. The summed E-state index contributed by atoms with van der Waals surface area (Å²) in [5, 5.41) is 3.12. The molecule has 3 N–H and O–H groups in total. The number of nitrogens with one attached hydrogen (secondary N) is 1. The molecule has 1 fully saturated rings. The summed E-state index contributed by atoms with van der Waals surface area (Å²) in [7, 11) is 0. The number of aromatic nitrogens is 2. The highest BCUT2D eigenvalue weighted by Gasteiger charge is 2.25. The van der Waals surface area contributed by atoms with Crippen LogP contribution in [0.5, 0.6) is 0 Å². The molecule has 0 radical (unpaired) electrons. The Balaban J connectivity index is 1.76. The Morgan fingerprint density at radius 1 is 1.07 bits per heavy atom. The average Bonchev–Trinajstić information content (AvgIpc) is 2.76. The van der Waals surface area contributed by atoms with Gasteiger partial charge in [0.15, 0.2) is 11.6 Å². The van der Waals surface area contributed by atoms with E-state index in [0.717, 1.165) is 0 Å². The number of nitrogen functional groups attached to an aromatic ring is 1. The second kappa shape index (κ2) is 9.77. The first-order chi connectivity index (χ1) is 14.5. The highest BCUT2D eigenvalue weighted by molar-refractivity contribution is 5.97. The van der Waals surface area contributed by atoms with Crippen molar-refractivity contribution in [1.29, 1.82) is 0 Å². The van der Waals surface area contributed by atoms with E-state index in [1.54, 1.807) is 43.0 Å². The molecule has 160 valence electrons. The fraction of sp³-hybridized carbons (Fsp3) is 0.400. The summed E-state index contributed by atoms with van der Waals surface area (Å²) in [6.45, 7) is 6.32. The summed E-state index contributed by atoms with van der Waals surface area (Å²) in [5.41, 5.74) is 7.63. The molecule has 10 heteroatoms. The van der Waals surface area contributed by atoms with Crippen LogP contribution in [-0.2, 0) is 9.47 Å². The quantitative estimate of drug-likeness (QED) is 0.685. The van der Waals surface area contributed by atoms with Crippen molar-refractivity contribution in [3.63, 3.8) is 0 Å². The number of carbonyl (C=O) groups excluding carboxylic acids is 2. The Bertz CT molecular complexity index is 899. The Hall–Kier alpha value is -3.56. The van der Waals surface area contributed by atoms with Crippen LogP contribution < -0.4 is 16.0 Å². The predicted octanol–water partition coefficient (Wildman–Crippen LogP) is 2.26. The van der Waals surface area contributed by atoms with E-state index in [1.165, 1.54) is 6.33 Å². The maximum atomic E-state index is 12.2. The van der Waals surface area contributed by atoms with Crippen LogP contribution in [-0.4, -0.2) is 66.3 Å². The Morgan fingerprint density at radius 3 is 2.47 bits per heavy atom. The summed E-state index contributed by atoms with van der Waals surface area (Å²) in [4.78, 5) is 36.3. The molecule has 1 aromatic carbocycles. The lowest BCUT2D eigenvalue weighted by molar-refractivity contribution is 0.0527. The third-order valence-corrected chi connectivity index (χ3v) is 4.64. The van der Waals surface area contributed by atoms with Crippen LogP contribution in [0.15, 0.2) is 30.6 Å². The van der Waals surface area contributed by atoms with Crippen molar-refractivity contribution >= 4 is 35.1 Å². The van der Waals surface area contributed by atoms with E-state index in [1.807, 2.05) is 4.90 Å². The largest absolute Gasteiger partial charge is 0.462 e. The minimum absolute atomic E-state index is 0.282. The molecule has 10 nitrogen and oxygen atoms in total. The zero-order chi connectivity index (χ0) is 21.5. The molecule has 2 heterocycles. The maximum absolute atomic E-state index is 12.2. The molecule has 0 saturated carbocycles. The first-order valence-corrected chi connectivity index (χ1v) is 9.85. The molecule has 0 aliphatic carbocycles. The van der Waals surface area contributed by atoms with Crippen molar-refractivity contribution in [2.45, 2.75) is 13.8 Å².